The fourth-order valence-electron chi connectivity index (χ4n) is 3.44. The molecule has 24 heavy (non-hydrogen) atoms. The topological polar surface area (TPSA) is 9.23 Å². The molecular weight excluding hydrogens is 423 g/mol. The van der Waals surface area contributed by atoms with Gasteiger partial charge in [0.05, 0.1) is 6.10 Å². The summed E-state index contributed by atoms with van der Waals surface area (Å²) < 4.78 is 8.12. The summed E-state index contributed by atoms with van der Waals surface area (Å²) in [5.41, 5.74) is 1.44. The van der Waals surface area contributed by atoms with Gasteiger partial charge in [0.1, 0.15) is 0 Å². The lowest BCUT2D eigenvalue weighted by Gasteiger charge is -2.36. The summed E-state index contributed by atoms with van der Waals surface area (Å²) in [7, 11) is -1.60. The molecule has 0 bridgehead atoms. The largest absolute Gasteiger partial charge is 0.410 e. The maximum absolute atomic E-state index is 6.94. The van der Waals surface area contributed by atoms with Crippen molar-refractivity contribution in [2.75, 3.05) is 4.43 Å². The second kappa shape index (κ2) is 13.6. The van der Waals surface area contributed by atoms with Crippen molar-refractivity contribution in [1.82, 2.24) is 0 Å². The molecule has 0 radical (unpaired) electrons. The third kappa shape index (κ3) is 8.66. The minimum absolute atomic E-state index is 0.251. The van der Waals surface area contributed by atoms with Crippen molar-refractivity contribution in [3.05, 3.63) is 23.8 Å². The average molecular weight is 465 g/mol. The van der Waals surface area contributed by atoms with E-state index in [2.05, 4.69) is 89.3 Å². The summed E-state index contributed by atoms with van der Waals surface area (Å²) in [6.45, 7) is 16.2. The molecule has 0 saturated heterocycles. The molecule has 0 saturated carbocycles. The van der Waals surface area contributed by atoms with Gasteiger partial charge in [-0.2, -0.15) is 0 Å². The Balaban J connectivity index is 5.41. The molecule has 0 fully saturated rings. The predicted molar refractivity (Wildman–Crippen MR) is 122 cm³/mol. The average Bonchev–Trinajstić information content (AvgIpc) is 2.57. The summed E-state index contributed by atoms with van der Waals surface area (Å²) in [6.07, 6.45) is 11.1. The lowest BCUT2D eigenvalue weighted by Crippen LogP contribution is -2.42. The Hall–Kier alpha value is 0.387. The van der Waals surface area contributed by atoms with Crippen molar-refractivity contribution in [1.29, 1.82) is 0 Å². The Morgan fingerprint density at radius 3 is 2.12 bits per heavy atom. The van der Waals surface area contributed by atoms with Gasteiger partial charge in [-0.05, 0) is 49.4 Å². The minimum atomic E-state index is -1.60. The van der Waals surface area contributed by atoms with Crippen LogP contribution in [0.1, 0.15) is 67.7 Å². The van der Waals surface area contributed by atoms with Crippen molar-refractivity contribution in [3.8, 4) is 0 Å². The Morgan fingerprint density at radius 2 is 1.67 bits per heavy atom. The summed E-state index contributed by atoms with van der Waals surface area (Å²) in [4.78, 5) is 0. The van der Waals surface area contributed by atoms with Gasteiger partial charge in [0, 0.05) is 10.3 Å². The maximum atomic E-state index is 6.94. The lowest BCUT2D eigenvalue weighted by atomic mass is 9.94. The first-order chi connectivity index (χ1) is 11.4. The molecule has 0 N–H and O–H groups in total. The molecule has 0 aromatic carbocycles. The first kappa shape index (κ1) is 24.4. The Labute approximate surface area is 167 Å². The smallest absolute Gasteiger partial charge is 0.192 e. The van der Waals surface area contributed by atoms with Crippen LogP contribution in [0.3, 0.4) is 0 Å². The number of hydrogen-bond donors (Lipinski definition) is 0. The van der Waals surface area contributed by atoms with Gasteiger partial charge in [-0.3, -0.25) is 0 Å². The van der Waals surface area contributed by atoms with E-state index in [1.54, 1.807) is 0 Å². The van der Waals surface area contributed by atoms with Crippen molar-refractivity contribution >= 4 is 30.9 Å². The van der Waals surface area contributed by atoms with Gasteiger partial charge in [0.25, 0.3) is 0 Å². The van der Waals surface area contributed by atoms with Crippen molar-refractivity contribution < 1.29 is 4.43 Å². The Morgan fingerprint density at radius 1 is 1.08 bits per heavy atom. The molecule has 0 heterocycles. The van der Waals surface area contributed by atoms with Gasteiger partial charge in [-0.15, -0.1) is 0 Å². The van der Waals surface area contributed by atoms with Crippen LogP contribution in [0.4, 0.5) is 0 Å². The van der Waals surface area contributed by atoms with Gasteiger partial charge < -0.3 is 4.43 Å². The number of rotatable bonds is 13. The van der Waals surface area contributed by atoms with Gasteiger partial charge in [0.2, 0.25) is 0 Å². The second-order valence-electron chi connectivity index (χ2n) is 7.22. The molecule has 3 atom stereocenters. The standard InChI is InChI=1S/C21H41IOSi/c1-8-14-18(5)17-20(7)21(19(6)15-12-13-16-22)23-24(9-2,10-3)11-4/h12,15,17-19,21H,8-11,13-14,16H2,1-7H3/b15-12+,20-17+/t18-,19-,21-/m1/s1. The van der Waals surface area contributed by atoms with Gasteiger partial charge in [-0.25, -0.2) is 0 Å². The molecule has 0 rings (SSSR count). The monoisotopic (exact) mass is 464 g/mol. The van der Waals surface area contributed by atoms with Crippen LogP contribution in [-0.4, -0.2) is 18.8 Å². The van der Waals surface area contributed by atoms with Crippen LogP contribution >= 0.6 is 22.6 Å². The van der Waals surface area contributed by atoms with Crippen LogP contribution in [0.2, 0.25) is 18.1 Å². The van der Waals surface area contributed by atoms with E-state index >= 15 is 0 Å². The number of alkyl halides is 1. The SMILES string of the molecule is CCC[C@@H](C)/C=C(\C)[C@H](O[Si](CC)(CC)CC)[C@H](C)/C=C/CCI. The van der Waals surface area contributed by atoms with Gasteiger partial charge >= 0.3 is 0 Å². The molecule has 0 aromatic rings. The highest BCUT2D eigenvalue weighted by Crippen LogP contribution is 2.30. The van der Waals surface area contributed by atoms with Crippen molar-refractivity contribution in [2.24, 2.45) is 11.8 Å². The molecule has 1 nitrogen and oxygen atoms in total. The first-order valence-electron chi connectivity index (χ1n) is 9.98. The number of hydrogen-bond acceptors (Lipinski definition) is 1. The van der Waals surface area contributed by atoms with E-state index in [9.17, 15) is 0 Å². The van der Waals surface area contributed by atoms with Gasteiger partial charge in [0.15, 0.2) is 8.32 Å². The molecule has 0 unspecified atom stereocenters. The summed E-state index contributed by atoms with van der Waals surface area (Å²) in [5.74, 6) is 1.10. The zero-order valence-corrected chi connectivity index (χ0v) is 20.4. The van der Waals surface area contributed by atoms with E-state index in [4.69, 9.17) is 4.43 Å². The molecule has 142 valence electrons. The van der Waals surface area contributed by atoms with Crippen LogP contribution < -0.4 is 0 Å². The van der Waals surface area contributed by atoms with Crippen LogP contribution in [0.15, 0.2) is 23.8 Å². The third-order valence-electron chi connectivity index (χ3n) is 5.24. The quantitative estimate of drug-likeness (QED) is 0.117. The highest BCUT2D eigenvalue weighted by atomic mass is 127. The molecule has 0 aliphatic rings. The first-order valence-corrected chi connectivity index (χ1v) is 14.0. The van der Waals surface area contributed by atoms with E-state index in [0.717, 1.165) is 6.42 Å². The lowest BCUT2D eigenvalue weighted by molar-refractivity contribution is 0.183. The van der Waals surface area contributed by atoms with Crippen molar-refractivity contribution in [3.63, 3.8) is 0 Å². The summed E-state index contributed by atoms with van der Waals surface area (Å²) in [6, 6.07) is 3.66. The maximum Gasteiger partial charge on any atom is 0.192 e. The van der Waals surface area contributed by atoms with Gasteiger partial charge in [-0.1, -0.05) is 88.8 Å². The molecule has 3 heteroatoms. The third-order valence-corrected chi connectivity index (χ3v) is 10.5. The predicted octanol–water partition coefficient (Wildman–Crippen LogP) is 7.78. The van der Waals surface area contributed by atoms with E-state index in [-0.39, 0.29) is 6.10 Å². The van der Waals surface area contributed by atoms with Crippen molar-refractivity contribution in [2.45, 2.75) is 92.0 Å². The molecule has 0 aliphatic carbocycles. The highest BCUT2D eigenvalue weighted by Gasteiger charge is 2.34. The van der Waals surface area contributed by atoms with Crippen LogP contribution in [-0.2, 0) is 4.43 Å². The fraction of sp³-hybridized carbons (Fsp3) is 0.810. The second-order valence-corrected chi connectivity index (χ2v) is 13.0. The van der Waals surface area contributed by atoms with E-state index < -0.39 is 8.32 Å². The van der Waals surface area contributed by atoms with Crippen LogP contribution in [0, 0.1) is 11.8 Å². The number of allylic oxidation sites excluding steroid dienone is 2. The highest BCUT2D eigenvalue weighted by molar-refractivity contribution is 14.1. The summed E-state index contributed by atoms with van der Waals surface area (Å²) in [5, 5.41) is 0. The fourth-order valence-corrected chi connectivity index (χ4v) is 6.74. The Kier molecular flexibility index (Phi) is 13.8. The molecule has 0 aliphatic heterocycles. The Bertz CT molecular complexity index is 366. The van der Waals surface area contributed by atoms with Crippen LogP contribution in [0.25, 0.3) is 0 Å². The molecule has 0 aromatic heterocycles. The van der Waals surface area contributed by atoms with E-state index in [1.165, 1.54) is 41.0 Å². The molecular formula is C21H41IOSi. The normalized spacial score (nSPS) is 17.2. The zero-order valence-electron chi connectivity index (χ0n) is 17.2. The summed E-state index contributed by atoms with van der Waals surface area (Å²) >= 11 is 2.44. The van der Waals surface area contributed by atoms with Crippen LogP contribution in [0.5, 0.6) is 0 Å². The molecule has 0 amide bonds. The van der Waals surface area contributed by atoms with E-state index in [1.807, 2.05) is 0 Å². The zero-order chi connectivity index (χ0) is 18.6. The number of halogens is 1. The minimum Gasteiger partial charge on any atom is -0.410 e. The van der Waals surface area contributed by atoms with E-state index in [0.29, 0.717) is 11.8 Å². The molecule has 0 spiro atoms.